The fourth-order valence-electron chi connectivity index (χ4n) is 1.43. The van der Waals surface area contributed by atoms with Gasteiger partial charge in [-0.3, -0.25) is 0 Å². The van der Waals surface area contributed by atoms with Gasteiger partial charge < -0.3 is 15.2 Å². The molecule has 0 aromatic heterocycles. The van der Waals surface area contributed by atoms with E-state index in [4.69, 9.17) is 15.2 Å². The highest BCUT2D eigenvalue weighted by Gasteiger charge is 2.36. The molecule has 3 nitrogen and oxygen atoms in total. The van der Waals surface area contributed by atoms with Crippen LogP contribution in [0.4, 0.5) is 13.2 Å². The summed E-state index contributed by atoms with van der Waals surface area (Å²) in [4.78, 5) is 0. The van der Waals surface area contributed by atoms with Crippen molar-refractivity contribution in [2.75, 3.05) is 13.7 Å². The van der Waals surface area contributed by atoms with Gasteiger partial charge in [-0.25, -0.2) is 0 Å². The van der Waals surface area contributed by atoms with Gasteiger partial charge in [-0.2, -0.15) is 13.2 Å². The van der Waals surface area contributed by atoms with Crippen LogP contribution in [-0.2, 0) is 12.7 Å². The van der Waals surface area contributed by atoms with Crippen LogP contribution < -0.4 is 15.2 Å². The number of benzene rings is 1. The van der Waals surface area contributed by atoms with Gasteiger partial charge >= 0.3 is 6.18 Å². The number of methoxy groups -OCH3 is 1. The lowest BCUT2D eigenvalue weighted by Crippen LogP contribution is -2.11. The number of hydrogen-bond donors (Lipinski definition) is 1. The second-order valence-electron chi connectivity index (χ2n) is 3.31. The summed E-state index contributed by atoms with van der Waals surface area (Å²) >= 11 is 0. The molecule has 0 bridgehead atoms. The molecule has 2 N–H and O–H groups in total. The van der Waals surface area contributed by atoms with E-state index in [1.165, 1.54) is 13.2 Å². The number of alkyl halides is 3. The van der Waals surface area contributed by atoms with Crippen LogP contribution in [0.1, 0.15) is 18.1 Å². The molecule has 0 radical (unpaired) electrons. The molecular weight excluding hydrogens is 235 g/mol. The van der Waals surface area contributed by atoms with Gasteiger partial charge in [0.15, 0.2) is 11.5 Å². The fourth-order valence-corrected chi connectivity index (χ4v) is 1.43. The maximum absolute atomic E-state index is 12.8. The third-order valence-corrected chi connectivity index (χ3v) is 2.16. The minimum absolute atomic E-state index is 0.00580. The van der Waals surface area contributed by atoms with Crippen molar-refractivity contribution in [1.29, 1.82) is 0 Å². The van der Waals surface area contributed by atoms with Crippen molar-refractivity contribution in [1.82, 2.24) is 0 Å². The lowest BCUT2D eigenvalue weighted by molar-refractivity contribution is -0.139. The largest absolute Gasteiger partial charge is 0.493 e. The zero-order valence-corrected chi connectivity index (χ0v) is 9.60. The maximum atomic E-state index is 12.8. The molecule has 1 rings (SSSR count). The van der Waals surface area contributed by atoms with E-state index >= 15 is 0 Å². The van der Waals surface area contributed by atoms with E-state index in [9.17, 15) is 13.2 Å². The molecule has 0 atom stereocenters. The van der Waals surface area contributed by atoms with Gasteiger partial charge in [-0.15, -0.1) is 0 Å². The van der Waals surface area contributed by atoms with Crippen molar-refractivity contribution >= 4 is 0 Å². The van der Waals surface area contributed by atoms with Crippen LogP contribution in [0.2, 0.25) is 0 Å². The first-order chi connectivity index (χ1) is 7.93. The molecule has 1 aromatic rings. The second kappa shape index (κ2) is 5.27. The Hall–Kier alpha value is -1.43. The summed E-state index contributed by atoms with van der Waals surface area (Å²) in [6.07, 6.45) is -4.50. The third kappa shape index (κ3) is 3.03. The first-order valence-corrected chi connectivity index (χ1v) is 5.05. The quantitative estimate of drug-likeness (QED) is 0.891. The van der Waals surface area contributed by atoms with Crippen molar-refractivity contribution in [2.24, 2.45) is 5.73 Å². The Kier molecular flexibility index (Phi) is 4.22. The average molecular weight is 249 g/mol. The summed E-state index contributed by atoms with van der Waals surface area (Å²) in [5.41, 5.74) is 4.83. The van der Waals surface area contributed by atoms with E-state index in [1.807, 2.05) is 0 Å². The van der Waals surface area contributed by atoms with Gasteiger partial charge in [0.05, 0.1) is 13.7 Å². The lowest BCUT2D eigenvalue weighted by atomic mass is 10.1. The van der Waals surface area contributed by atoms with Crippen LogP contribution in [0.25, 0.3) is 0 Å². The molecule has 0 aliphatic heterocycles. The monoisotopic (exact) mass is 249 g/mol. The Balaban J connectivity index is 3.41. The summed E-state index contributed by atoms with van der Waals surface area (Å²) in [6, 6.07) is 2.42. The van der Waals surface area contributed by atoms with E-state index in [0.717, 1.165) is 6.07 Å². The zero-order chi connectivity index (χ0) is 13.1. The Morgan fingerprint density at radius 1 is 1.29 bits per heavy atom. The minimum Gasteiger partial charge on any atom is -0.493 e. The Bertz CT molecular complexity index is 391. The topological polar surface area (TPSA) is 44.5 Å². The molecule has 6 heteroatoms. The third-order valence-electron chi connectivity index (χ3n) is 2.16. The molecular formula is C11H14F3NO2. The molecule has 0 unspecified atom stereocenters. The fraction of sp³-hybridized carbons (Fsp3) is 0.455. The maximum Gasteiger partial charge on any atom is 0.420 e. The number of hydrogen-bond acceptors (Lipinski definition) is 3. The van der Waals surface area contributed by atoms with Crippen LogP contribution in [0.15, 0.2) is 12.1 Å². The molecule has 0 spiro atoms. The van der Waals surface area contributed by atoms with Crippen molar-refractivity contribution < 1.29 is 22.6 Å². The zero-order valence-electron chi connectivity index (χ0n) is 9.60. The van der Waals surface area contributed by atoms with Crippen molar-refractivity contribution in [3.63, 3.8) is 0 Å². The van der Waals surface area contributed by atoms with E-state index in [-0.39, 0.29) is 24.7 Å². The summed E-state index contributed by atoms with van der Waals surface area (Å²) < 4.78 is 48.4. The first-order valence-electron chi connectivity index (χ1n) is 5.05. The molecule has 0 heterocycles. The Morgan fingerprint density at radius 2 is 1.94 bits per heavy atom. The average Bonchev–Trinajstić information content (AvgIpc) is 2.28. The van der Waals surface area contributed by atoms with Crippen molar-refractivity contribution in [3.05, 3.63) is 23.3 Å². The van der Waals surface area contributed by atoms with Crippen LogP contribution in [-0.4, -0.2) is 13.7 Å². The molecule has 1 aromatic carbocycles. The van der Waals surface area contributed by atoms with Crippen molar-refractivity contribution in [2.45, 2.75) is 19.6 Å². The molecule has 0 aliphatic rings. The summed E-state index contributed by atoms with van der Waals surface area (Å²) in [6.45, 7) is 1.74. The molecule has 96 valence electrons. The Morgan fingerprint density at radius 3 is 2.35 bits per heavy atom. The van der Waals surface area contributed by atoms with Crippen LogP contribution in [0.3, 0.4) is 0 Å². The lowest BCUT2D eigenvalue weighted by Gasteiger charge is -2.17. The van der Waals surface area contributed by atoms with Gasteiger partial charge in [0, 0.05) is 6.54 Å². The summed E-state index contributed by atoms with van der Waals surface area (Å²) in [5, 5.41) is 0. The van der Waals surface area contributed by atoms with Crippen molar-refractivity contribution in [3.8, 4) is 11.5 Å². The molecule has 17 heavy (non-hydrogen) atoms. The van der Waals surface area contributed by atoms with Gasteiger partial charge in [0.25, 0.3) is 0 Å². The molecule has 0 saturated carbocycles. The van der Waals surface area contributed by atoms with Crippen LogP contribution >= 0.6 is 0 Å². The second-order valence-corrected chi connectivity index (χ2v) is 3.31. The van der Waals surface area contributed by atoms with E-state index < -0.39 is 11.7 Å². The number of rotatable bonds is 4. The predicted octanol–water partition coefficient (Wildman–Crippen LogP) is 2.57. The summed E-state index contributed by atoms with van der Waals surface area (Å²) in [7, 11) is 1.29. The molecule has 0 fully saturated rings. The highest BCUT2D eigenvalue weighted by atomic mass is 19.4. The van der Waals surface area contributed by atoms with E-state index in [0.29, 0.717) is 5.56 Å². The Labute approximate surface area is 97.3 Å². The highest BCUT2D eigenvalue weighted by Crippen LogP contribution is 2.42. The molecule has 0 aliphatic carbocycles. The van der Waals surface area contributed by atoms with E-state index in [2.05, 4.69) is 0 Å². The predicted molar refractivity (Wildman–Crippen MR) is 57.1 cm³/mol. The van der Waals surface area contributed by atoms with Gasteiger partial charge in [-0.1, -0.05) is 0 Å². The van der Waals surface area contributed by atoms with Gasteiger partial charge in [0.2, 0.25) is 0 Å². The normalized spacial score (nSPS) is 11.4. The van der Waals surface area contributed by atoms with Crippen LogP contribution in [0, 0.1) is 0 Å². The summed E-state index contributed by atoms with van der Waals surface area (Å²) in [5.74, 6) is -0.248. The SMILES string of the molecule is CCOc1c(OC)cc(CN)cc1C(F)(F)F. The molecule has 0 saturated heterocycles. The number of ether oxygens (including phenoxy) is 2. The van der Waals surface area contributed by atoms with Crippen LogP contribution in [0.5, 0.6) is 11.5 Å². The first kappa shape index (κ1) is 13.6. The van der Waals surface area contributed by atoms with Gasteiger partial charge in [0.1, 0.15) is 5.56 Å². The highest BCUT2D eigenvalue weighted by molar-refractivity contribution is 5.50. The van der Waals surface area contributed by atoms with E-state index in [1.54, 1.807) is 6.92 Å². The number of nitrogens with two attached hydrogens (primary N) is 1. The standard InChI is InChI=1S/C11H14F3NO2/c1-3-17-10-8(11(12,13)14)4-7(6-15)5-9(10)16-2/h4-5H,3,6,15H2,1-2H3. The smallest absolute Gasteiger partial charge is 0.420 e. The molecule has 0 amide bonds. The minimum atomic E-state index is -4.50. The van der Waals surface area contributed by atoms with Gasteiger partial charge in [-0.05, 0) is 24.6 Å². The number of halogens is 3.